The summed E-state index contributed by atoms with van der Waals surface area (Å²) in [5.74, 6) is 0.168. The highest BCUT2D eigenvalue weighted by atomic mass is 16.5. The van der Waals surface area contributed by atoms with Crippen molar-refractivity contribution in [1.29, 1.82) is 0 Å². The largest absolute Gasteiger partial charge is 0.390 e. The number of aliphatic hydroxyl groups excluding tert-OH is 1. The molecular weight excluding hydrogens is 258 g/mol. The maximum atomic E-state index is 12.3. The maximum absolute atomic E-state index is 12.3. The Balaban J connectivity index is 1.52. The number of nitrogens with zero attached hydrogens (tertiary/aromatic N) is 3. The minimum Gasteiger partial charge on any atom is -0.390 e. The number of amides is 1. The number of rotatable bonds is 3. The van der Waals surface area contributed by atoms with Gasteiger partial charge in [-0.25, -0.2) is 0 Å². The molecule has 1 amide bonds. The number of hydrogen-bond acceptors (Lipinski definition) is 5. The predicted octanol–water partition coefficient (Wildman–Crippen LogP) is -1.01. The molecule has 0 spiro atoms. The molecule has 3 rings (SSSR count). The normalized spacial score (nSPS) is 33.0. The van der Waals surface area contributed by atoms with Gasteiger partial charge < -0.3 is 14.7 Å². The predicted molar refractivity (Wildman–Crippen MR) is 74.4 cm³/mol. The molecule has 0 unspecified atom stereocenters. The van der Waals surface area contributed by atoms with Crippen molar-refractivity contribution in [2.24, 2.45) is 0 Å². The Morgan fingerprint density at radius 1 is 1.10 bits per heavy atom. The summed E-state index contributed by atoms with van der Waals surface area (Å²) in [5, 5.41) is 10.2. The molecule has 3 saturated heterocycles. The lowest BCUT2D eigenvalue weighted by Crippen LogP contribution is -2.49. The summed E-state index contributed by atoms with van der Waals surface area (Å²) in [6.45, 7) is 6.90. The van der Waals surface area contributed by atoms with E-state index >= 15 is 0 Å². The lowest BCUT2D eigenvalue weighted by Gasteiger charge is -2.33. The van der Waals surface area contributed by atoms with Gasteiger partial charge in [0.05, 0.1) is 31.9 Å². The van der Waals surface area contributed by atoms with Crippen LogP contribution in [0.5, 0.6) is 0 Å². The van der Waals surface area contributed by atoms with Crippen molar-refractivity contribution >= 4 is 5.91 Å². The van der Waals surface area contributed by atoms with E-state index in [-0.39, 0.29) is 11.9 Å². The molecule has 6 heteroatoms. The topological polar surface area (TPSA) is 56.2 Å². The highest BCUT2D eigenvalue weighted by Crippen LogP contribution is 2.18. The van der Waals surface area contributed by atoms with Crippen LogP contribution in [0, 0.1) is 0 Å². The molecule has 3 aliphatic heterocycles. The molecular formula is C14H25N3O3. The third kappa shape index (κ3) is 3.14. The summed E-state index contributed by atoms with van der Waals surface area (Å²) in [6, 6.07) is 0.0847. The second kappa shape index (κ2) is 6.39. The van der Waals surface area contributed by atoms with Crippen LogP contribution in [0.1, 0.15) is 12.8 Å². The van der Waals surface area contributed by atoms with Gasteiger partial charge in [0.1, 0.15) is 0 Å². The van der Waals surface area contributed by atoms with Crippen LogP contribution in [-0.4, -0.2) is 96.9 Å². The third-order valence-corrected chi connectivity index (χ3v) is 4.68. The Hall–Kier alpha value is -0.690. The van der Waals surface area contributed by atoms with Crippen molar-refractivity contribution in [3.63, 3.8) is 0 Å². The number of hydrogen-bond donors (Lipinski definition) is 1. The molecule has 0 aliphatic carbocycles. The molecule has 3 fully saturated rings. The first kappa shape index (κ1) is 14.3. The Morgan fingerprint density at radius 2 is 1.80 bits per heavy atom. The zero-order chi connectivity index (χ0) is 13.9. The molecule has 6 nitrogen and oxygen atoms in total. The molecule has 3 aliphatic rings. The van der Waals surface area contributed by atoms with E-state index in [9.17, 15) is 9.90 Å². The molecule has 0 bridgehead atoms. The van der Waals surface area contributed by atoms with Crippen molar-refractivity contribution in [2.75, 3.05) is 59.0 Å². The molecule has 1 N–H and O–H groups in total. The quantitative estimate of drug-likeness (QED) is 0.719. The van der Waals surface area contributed by atoms with Gasteiger partial charge in [-0.15, -0.1) is 0 Å². The average Bonchev–Trinajstić information content (AvgIpc) is 3.09. The fraction of sp³-hybridized carbons (Fsp3) is 0.929. The van der Waals surface area contributed by atoms with Crippen LogP contribution in [0.25, 0.3) is 0 Å². The van der Waals surface area contributed by atoms with Crippen molar-refractivity contribution in [1.82, 2.24) is 14.7 Å². The SMILES string of the molecule is O=C(CN1CCCC1)N1C[C@H](O)[C@@H](N2CCOCC2)C1. The number of carbonyl (C=O) groups is 1. The van der Waals surface area contributed by atoms with Gasteiger partial charge in [0, 0.05) is 26.2 Å². The first-order chi connectivity index (χ1) is 9.74. The number of likely N-dealkylation sites (tertiary alicyclic amines) is 2. The number of morpholine rings is 1. The van der Waals surface area contributed by atoms with E-state index in [0.29, 0.717) is 19.6 Å². The minimum absolute atomic E-state index is 0.0847. The first-order valence-electron chi connectivity index (χ1n) is 7.74. The van der Waals surface area contributed by atoms with E-state index in [2.05, 4.69) is 9.80 Å². The fourth-order valence-electron chi connectivity index (χ4n) is 3.47. The fourth-order valence-corrected chi connectivity index (χ4v) is 3.47. The summed E-state index contributed by atoms with van der Waals surface area (Å²) in [6.07, 6.45) is 1.98. The van der Waals surface area contributed by atoms with E-state index in [1.807, 2.05) is 4.90 Å². The zero-order valence-electron chi connectivity index (χ0n) is 12.0. The second-order valence-electron chi connectivity index (χ2n) is 6.07. The van der Waals surface area contributed by atoms with Gasteiger partial charge >= 0.3 is 0 Å². The van der Waals surface area contributed by atoms with Gasteiger partial charge in [-0.05, 0) is 25.9 Å². The van der Waals surface area contributed by atoms with Crippen molar-refractivity contribution in [3.05, 3.63) is 0 Å². The summed E-state index contributed by atoms with van der Waals surface area (Å²) < 4.78 is 5.35. The number of β-amino-alcohol motifs (C(OH)–C–C–N with tert-alkyl or cyclic N) is 1. The Kier molecular flexibility index (Phi) is 4.55. The Morgan fingerprint density at radius 3 is 2.50 bits per heavy atom. The molecule has 0 radical (unpaired) electrons. The number of aliphatic hydroxyl groups is 1. The van der Waals surface area contributed by atoms with Crippen molar-refractivity contribution in [2.45, 2.75) is 25.0 Å². The van der Waals surface area contributed by atoms with Gasteiger partial charge in [0.2, 0.25) is 5.91 Å². The van der Waals surface area contributed by atoms with E-state index in [0.717, 1.165) is 39.4 Å². The van der Waals surface area contributed by atoms with Gasteiger partial charge in [-0.2, -0.15) is 0 Å². The van der Waals surface area contributed by atoms with Crippen LogP contribution in [0.3, 0.4) is 0 Å². The molecule has 2 atom stereocenters. The van der Waals surface area contributed by atoms with Gasteiger partial charge in [-0.3, -0.25) is 14.6 Å². The molecule has 0 aromatic carbocycles. The van der Waals surface area contributed by atoms with Gasteiger partial charge in [-0.1, -0.05) is 0 Å². The van der Waals surface area contributed by atoms with Crippen LogP contribution in [0.2, 0.25) is 0 Å². The van der Waals surface area contributed by atoms with Crippen LogP contribution >= 0.6 is 0 Å². The third-order valence-electron chi connectivity index (χ3n) is 4.68. The summed E-state index contributed by atoms with van der Waals surface area (Å²) in [5.41, 5.74) is 0. The first-order valence-corrected chi connectivity index (χ1v) is 7.74. The lowest BCUT2D eigenvalue weighted by molar-refractivity contribution is -0.131. The van der Waals surface area contributed by atoms with Crippen molar-refractivity contribution in [3.8, 4) is 0 Å². The molecule has 20 heavy (non-hydrogen) atoms. The van der Waals surface area contributed by atoms with Crippen LogP contribution in [0.15, 0.2) is 0 Å². The molecule has 114 valence electrons. The van der Waals surface area contributed by atoms with E-state index in [1.54, 1.807) is 0 Å². The highest BCUT2D eigenvalue weighted by molar-refractivity contribution is 5.78. The zero-order valence-corrected chi connectivity index (χ0v) is 12.0. The smallest absolute Gasteiger partial charge is 0.236 e. The summed E-state index contributed by atoms with van der Waals surface area (Å²) >= 11 is 0. The molecule has 0 aromatic heterocycles. The van der Waals surface area contributed by atoms with E-state index in [4.69, 9.17) is 4.74 Å². The molecule has 3 heterocycles. The van der Waals surface area contributed by atoms with Gasteiger partial charge in [0.15, 0.2) is 0 Å². The molecule has 0 aromatic rings. The van der Waals surface area contributed by atoms with E-state index in [1.165, 1.54) is 12.8 Å². The van der Waals surface area contributed by atoms with Crippen LogP contribution in [-0.2, 0) is 9.53 Å². The van der Waals surface area contributed by atoms with Gasteiger partial charge in [0.25, 0.3) is 0 Å². The Labute approximate surface area is 120 Å². The highest BCUT2D eigenvalue weighted by Gasteiger charge is 2.38. The number of ether oxygens (including phenoxy) is 1. The van der Waals surface area contributed by atoms with Crippen LogP contribution in [0.4, 0.5) is 0 Å². The average molecular weight is 283 g/mol. The Bertz CT molecular complexity index is 341. The molecule has 0 saturated carbocycles. The monoisotopic (exact) mass is 283 g/mol. The lowest BCUT2D eigenvalue weighted by atomic mass is 10.2. The standard InChI is InChI=1S/C14H25N3O3/c18-13-10-17(14(19)11-15-3-1-2-4-15)9-12(13)16-5-7-20-8-6-16/h12-13,18H,1-11H2/t12-,13-/m0/s1. The summed E-state index contributed by atoms with van der Waals surface area (Å²) in [7, 11) is 0. The summed E-state index contributed by atoms with van der Waals surface area (Å²) in [4.78, 5) is 18.6. The number of carbonyl (C=O) groups excluding carboxylic acids is 1. The second-order valence-corrected chi connectivity index (χ2v) is 6.07. The van der Waals surface area contributed by atoms with Crippen LogP contribution < -0.4 is 0 Å². The maximum Gasteiger partial charge on any atom is 0.236 e. The van der Waals surface area contributed by atoms with E-state index < -0.39 is 6.10 Å². The van der Waals surface area contributed by atoms with Crippen molar-refractivity contribution < 1.29 is 14.6 Å². The minimum atomic E-state index is -0.421.